The molecule has 7 nitrogen and oxygen atoms in total. The number of aryl methyl sites for hydroxylation is 2. The molecular weight excluding hydrogens is 447 g/mol. The third-order valence-electron chi connectivity index (χ3n) is 7.32. The molecule has 2 aromatic heterocycles. The first-order valence-electron chi connectivity index (χ1n) is 12.4. The van der Waals surface area contributed by atoms with Gasteiger partial charge < -0.3 is 19.3 Å². The van der Waals surface area contributed by atoms with Crippen molar-refractivity contribution in [3.05, 3.63) is 54.2 Å². The number of alkyl halides is 1. The van der Waals surface area contributed by atoms with E-state index in [0.29, 0.717) is 24.2 Å². The number of hydrogen-bond donors (Lipinski definition) is 1. The van der Waals surface area contributed by atoms with Crippen LogP contribution in [0.2, 0.25) is 0 Å². The number of piperidine rings is 1. The van der Waals surface area contributed by atoms with Crippen LogP contribution in [0.1, 0.15) is 49.7 Å². The number of methoxy groups -OCH3 is 1. The maximum Gasteiger partial charge on any atom is 0.303 e. The number of hydrogen-bond acceptors (Lipinski definition) is 5. The summed E-state index contributed by atoms with van der Waals surface area (Å²) in [4.78, 5) is 22.7. The lowest BCUT2D eigenvalue weighted by atomic mass is 9.79. The summed E-state index contributed by atoms with van der Waals surface area (Å²) < 4.78 is 22.8. The Hall–Kier alpha value is -3.00. The zero-order valence-corrected chi connectivity index (χ0v) is 20.6. The third kappa shape index (κ3) is 6.36. The molecule has 1 aliphatic heterocycles. The van der Waals surface area contributed by atoms with Crippen LogP contribution in [-0.2, 0) is 18.3 Å². The van der Waals surface area contributed by atoms with Gasteiger partial charge in [-0.2, -0.15) is 0 Å². The Kier molecular flexibility index (Phi) is 8.33. The number of carboxylic acid groups (broad SMARTS) is 1. The molecule has 1 aromatic carbocycles. The van der Waals surface area contributed by atoms with E-state index in [2.05, 4.69) is 14.9 Å². The Bertz CT molecular complexity index is 1130. The Morgan fingerprint density at radius 2 is 2.11 bits per heavy atom. The summed E-state index contributed by atoms with van der Waals surface area (Å²) in [7, 11) is 3.60. The number of aliphatic carboxylic acids is 1. The molecule has 1 saturated heterocycles. The molecule has 8 heteroatoms. The Balaban J connectivity index is 1.35. The molecule has 0 bridgehead atoms. The average molecular weight is 483 g/mol. The fraction of sp³-hybridized carbons (Fsp3) is 0.519. The molecule has 188 valence electrons. The van der Waals surface area contributed by atoms with E-state index in [-0.39, 0.29) is 18.3 Å². The first kappa shape index (κ1) is 25.1. The molecule has 1 N–H and O–H groups in total. The number of carbonyl (C=O) groups is 1. The standard InChI is InChI=1S/C27H35FN4O3/c1-31-15-12-30-26(31)4-3-13-32-14-10-19(20(18-32)16-27(33)34)5-7-24(28)22-9-11-29-25-8-6-21(35-2)17-23(22)25/h6,8-9,11-12,15,17,19-20,24H,3-5,7,10,13-14,16,18H2,1-2H3,(H,33,34)/t19-,20+,24-/m1/s1. The molecule has 3 aromatic rings. The van der Waals surface area contributed by atoms with Crippen molar-refractivity contribution in [3.63, 3.8) is 0 Å². The molecule has 0 spiro atoms. The lowest BCUT2D eigenvalue weighted by Gasteiger charge is -2.38. The van der Waals surface area contributed by atoms with Gasteiger partial charge in [-0.25, -0.2) is 9.37 Å². The van der Waals surface area contributed by atoms with Gasteiger partial charge in [0.1, 0.15) is 17.7 Å². The zero-order chi connectivity index (χ0) is 24.8. The molecular formula is C27H35FN4O3. The highest BCUT2D eigenvalue weighted by molar-refractivity contribution is 5.83. The van der Waals surface area contributed by atoms with Gasteiger partial charge in [-0.05, 0) is 80.4 Å². The quantitative estimate of drug-likeness (QED) is 0.422. The summed E-state index contributed by atoms with van der Waals surface area (Å²) >= 11 is 0. The van der Waals surface area contributed by atoms with Crippen molar-refractivity contribution in [2.24, 2.45) is 18.9 Å². The van der Waals surface area contributed by atoms with Crippen LogP contribution in [0.4, 0.5) is 4.39 Å². The summed E-state index contributed by atoms with van der Waals surface area (Å²) in [6.45, 7) is 2.60. The van der Waals surface area contributed by atoms with E-state index < -0.39 is 12.1 Å². The van der Waals surface area contributed by atoms with Crippen LogP contribution in [0.25, 0.3) is 10.9 Å². The monoisotopic (exact) mass is 482 g/mol. The second kappa shape index (κ2) is 11.6. The molecule has 0 unspecified atom stereocenters. The largest absolute Gasteiger partial charge is 0.497 e. The topological polar surface area (TPSA) is 80.5 Å². The van der Waals surface area contributed by atoms with Crippen LogP contribution in [0, 0.1) is 11.8 Å². The van der Waals surface area contributed by atoms with Gasteiger partial charge in [0.05, 0.1) is 12.6 Å². The normalized spacial score (nSPS) is 19.6. The first-order chi connectivity index (χ1) is 16.9. The third-order valence-corrected chi connectivity index (χ3v) is 7.32. The lowest BCUT2D eigenvalue weighted by molar-refractivity contribution is -0.139. The van der Waals surface area contributed by atoms with Gasteiger partial charge in [-0.15, -0.1) is 0 Å². The molecule has 35 heavy (non-hydrogen) atoms. The Labute approximate surface area is 205 Å². The number of carboxylic acids is 1. The number of ether oxygens (including phenoxy) is 1. The van der Waals surface area contributed by atoms with E-state index in [1.165, 1.54) is 0 Å². The molecule has 3 heterocycles. The zero-order valence-electron chi connectivity index (χ0n) is 20.6. The predicted octanol–water partition coefficient (Wildman–Crippen LogP) is 4.81. The fourth-order valence-corrected chi connectivity index (χ4v) is 5.36. The van der Waals surface area contributed by atoms with Gasteiger partial charge in [0.15, 0.2) is 0 Å². The van der Waals surface area contributed by atoms with E-state index in [4.69, 9.17) is 4.74 Å². The van der Waals surface area contributed by atoms with Gasteiger partial charge in [-0.1, -0.05) is 0 Å². The number of imidazole rings is 1. The number of pyridine rings is 1. The van der Waals surface area contributed by atoms with Crippen LogP contribution < -0.4 is 4.74 Å². The van der Waals surface area contributed by atoms with Crippen molar-refractivity contribution < 1.29 is 19.0 Å². The van der Waals surface area contributed by atoms with Crippen LogP contribution in [-0.4, -0.2) is 57.3 Å². The molecule has 3 atom stereocenters. The second-order valence-corrected chi connectivity index (χ2v) is 9.59. The first-order valence-corrected chi connectivity index (χ1v) is 12.4. The van der Waals surface area contributed by atoms with Crippen LogP contribution in [0.5, 0.6) is 5.75 Å². The van der Waals surface area contributed by atoms with Gasteiger partial charge >= 0.3 is 5.97 Å². The highest BCUT2D eigenvalue weighted by atomic mass is 19.1. The van der Waals surface area contributed by atoms with Gasteiger partial charge in [0.2, 0.25) is 0 Å². The van der Waals surface area contributed by atoms with E-state index in [1.807, 2.05) is 42.2 Å². The van der Waals surface area contributed by atoms with E-state index in [0.717, 1.165) is 55.6 Å². The summed E-state index contributed by atoms with van der Waals surface area (Å²) in [5.41, 5.74) is 1.36. The Morgan fingerprint density at radius 3 is 2.86 bits per heavy atom. The van der Waals surface area contributed by atoms with Crippen molar-refractivity contribution in [1.82, 2.24) is 19.4 Å². The second-order valence-electron chi connectivity index (χ2n) is 9.59. The SMILES string of the molecule is COc1ccc2nccc([C@H](F)CC[C@@H]3CCN(CCCc4nccn4C)C[C@@H]3CC(=O)O)c2c1. The van der Waals surface area contributed by atoms with E-state index in [1.54, 1.807) is 19.4 Å². The van der Waals surface area contributed by atoms with Gasteiger partial charge in [-0.3, -0.25) is 9.78 Å². The fourth-order valence-electron chi connectivity index (χ4n) is 5.36. The molecule has 1 fully saturated rings. The molecule has 4 rings (SSSR count). The van der Waals surface area contributed by atoms with Crippen molar-refractivity contribution >= 4 is 16.9 Å². The number of aromatic nitrogens is 3. The smallest absolute Gasteiger partial charge is 0.303 e. The highest BCUT2D eigenvalue weighted by Gasteiger charge is 2.31. The minimum Gasteiger partial charge on any atom is -0.497 e. The van der Waals surface area contributed by atoms with Crippen molar-refractivity contribution in [1.29, 1.82) is 0 Å². The minimum absolute atomic E-state index is 0.0379. The number of fused-ring (bicyclic) bond motifs is 1. The van der Waals surface area contributed by atoms with Crippen LogP contribution >= 0.6 is 0 Å². The molecule has 1 aliphatic rings. The average Bonchev–Trinajstić information content (AvgIpc) is 3.26. The highest BCUT2D eigenvalue weighted by Crippen LogP contribution is 2.36. The molecule has 0 radical (unpaired) electrons. The summed E-state index contributed by atoms with van der Waals surface area (Å²) in [5, 5.41) is 10.3. The van der Waals surface area contributed by atoms with E-state index in [9.17, 15) is 9.90 Å². The van der Waals surface area contributed by atoms with Crippen molar-refractivity contribution in [2.75, 3.05) is 26.7 Å². The van der Waals surface area contributed by atoms with Gasteiger partial charge in [0.25, 0.3) is 0 Å². The van der Waals surface area contributed by atoms with Crippen molar-refractivity contribution in [3.8, 4) is 5.75 Å². The van der Waals surface area contributed by atoms with Crippen LogP contribution in [0.15, 0.2) is 42.9 Å². The summed E-state index contributed by atoms with van der Waals surface area (Å²) in [6.07, 6.45) is 8.25. The molecule has 0 amide bonds. The summed E-state index contributed by atoms with van der Waals surface area (Å²) in [5.74, 6) is 1.21. The van der Waals surface area contributed by atoms with Gasteiger partial charge in [0, 0.05) is 50.4 Å². The minimum atomic E-state index is -1.13. The number of halogens is 1. The summed E-state index contributed by atoms with van der Waals surface area (Å²) in [6, 6.07) is 7.25. The van der Waals surface area contributed by atoms with Crippen molar-refractivity contribution in [2.45, 2.75) is 44.7 Å². The maximum atomic E-state index is 15.5. The lowest BCUT2D eigenvalue weighted by Crippen LogP contribution is -2.42. The number of benzene rings is 1. The van der Waals surface area contributed by atoms with Crippen LogP contribution in [0.3, 0.4) is 0 Å². The predicted molar refractivity (Wildman–Crippen MR) is 133 cm³/mol. The maximum absolute atomic E-state index is 15.5. The number of likely N-dealkylation sites (tertiary alicyclic amines) is 1. The number of rotatable bonds is 11. The molecule has 0 saturated carbocycles. The molecule has 0 aliphatic carbocycles. The Morgan fingerprint density at radius 1 is 1.26 bits per heavy atom. The number of nitrogens with zero attached hydrogens (tertiary/aromatic N) is 4. The van der Waals surface area contributed by atoms with E-state index >= 15 is 4.39 Å².